The summed E-state index contributed by atoms with van der Waals surface area (Å²) in [4.78, 5) is 13.4. The Morgan fingerprint density at radius 2 is 1.73 bits per heavy atom. The fourth-order valence-electron chi connectivity index (χ4n) is 7.19. The predicted octanol–water partition coefficient (Wildman–Crippen LogP) is 6.42. The molecule has 2 aromatic carbocycles. The number of benzene rings is 2. The molecule has 2 aliphatic heterocycles. The summed E-state index contributed by atoms with van der Waals surface area (Å²) in [5.41, 5.74) is 12.4. The van der Waals surface area contributed by atoms with Crippen molar-refractivity contribution in [2.45, 2.75) is 90.4 Å². The molecular formula is C38H46Cl2N2O2. The number of aliphatic carboxylic acids is 1. The topological polar surface area (TPSA) is 43.5 Å². The molecule has 0 fully saturated rings. The molecule has 0 saturated carbocycles. The van der Waals surface area contributed by atoms with Gasteiger partial charge in [0, 0.05) is 52.7 Å². The maximum atomic E-state index is 11.0. The highest BCUT2D eigenvalue weighted by molar-refractivity contribution is 6.30. The molecule has 2 heterocycles. The number of carbonyl (C=O) groups is 1. The van der Waals surface area contributed by atoms with Gasteiger partial charge in [-0.25, -0.2) is 0 Å². The predicted molar refractivity (Wildman–Crippen MR) is 179 cm³/mol. The van der Waals surface area contributed by atoms with Crippen LogP contribution in [0.1, 0.15) is 90.7 Å². The quantitative estimate of drug-likeness (QED) is 0.187. The second-order valence-corrected chi connectivity index (χ2v) is 13.5. The van der Waals surface area contributed by atoms with Crippen molar-refractivity contribution < 1.29 is 26.9 Å². The number of allylic oxidation sites excluding steroid dienone is 5. The largest absolute Gasteiger partial charge is 1.00 e. The van der Waals surface area contributed by atoms with Crippen molar-refractivity contribution in [1.82, 2.24) is 0 Å². The Hall–Kier alpha value is -3.04. The maximum absolute atomic E-state index is 11.0. The Bertz CT molecular complexity index is 1560. The first-order valence-corrected chi connectivity index (χ1v) is 16.3. The zero-order chi connectivity index (χ0) is 30.8. The summed E-state index contributed by atoms with van der Waals surface area (Å²) in [6.45, 7) is 13.2. The van der Waals surface area contributed by atoms with Gasteiger partial charge in [0.15, 0.2) is 5.71 Å². The minimum Gasteiger partial charge on any atom is -1.00 e. The van der Waals surface area contributed by atoms with Crippen molar-refractivity contribution in [2.24, 2.45) is 5.92 Å². The smallest absolute Gasteiger partial charge is 0.303 e. The SMILES string of the molecule is CC[N+]1=C(/C=C/C2=C(Cl)C(C=C=C3N(CCCCCC(=O)O)c4ccccc4C3(C)C)CCC2)C(C)(C)c2ccccc21.[Cl-]. The first-order valence-electron chi connectivity index (χ1n) is 15.9. The van der Waals surface area contributed by atoms with Crippen molar-refractivity contribution in [2.75, 3.05) is 18.0 Å². The van der Waals surface area contributed by atoms with Gasteiger partial charge < -0.3 is 22.4 Å². The van der Waals surface area contributed by atoms with Gasteiger partial charge in [-0.15, -0.1) is 5.73 Å². The van der Waals surface area contributed by atoms with Crippen LogP contribution >= 0.6 is 11.6 Å². The van der Waals surface area contributed by atoms with Crippen LogP contribution in [0.3, 0.4) is 0 Å². The van der Waals surface area contributed by atoms with Gasteiger partial charge in [0.25, 0.3) is 0 Å². The molecule has 2 aromatic rings. The molecule has 6 heteroatoms. The number of nitrogens with zero attached hydrogens (tertiary/aromatic N) is 2. The molecule has 1 unspecified atom stereocenters. The highest BCUT2D eigenvalue weighted by atomic mass is 35.5. The third kappa shape index (κ3) is 6.50. The molecule has 0 bridgehead atoms. The van der Waals surface area contributed by atoms with Crippen LogP contribution in [-0.4, -0.2) is 34.5 Å². The highest BCUT2D eigenvalue weighted by Crippen LogP contribution is 2.47. The average Bonchev–Trinajstić information content (AvgIpc) is 3.34. The number of hydrogen-bond donors (Lipinski definition) is 1. The summed E-state index contributed by atoms with van der Waals surface area (Å²) < 4.78 is 2.43. The Balaban J connectivity index is 0.00000442. The van der Waals surface area contributed by atoms with Crippen LogP contribution in [0.4, 0.5) is 11.4 Å². The molecule has 44 heavy (non-hydrogen) atoms. The molecule has 1 atom stereocenters. The molecule has 0 amide bonds. The second-order valence-electron chi connectivity index (χ2n) is 13.1. The number of hydrogen-bond acceptors (Lipinski definition) is 2. The monoisotopic (exact) mass is 632 g/mol. The van der Waals surface area contributed by atoms with Crippen LogP contribution in [0, 0.1) is 5.92 Å². The Morgan fingerprint density at radius 1 is 1.02 bits per heavy atom. The first-order chi connectivity index (χ1) is 20.6. The van der Waals surface area contributed by atoms with E-state index in [9.17, 15) is 4.79 Å². The lowest BCUT2D eigenvalue weighted by atomic mass is 9.81. The fourth-order valence-corrected chi connectivity index (χ4v) is 7.52. The van der Waals surface area contributed by atoms with Crippen LogP contribution in [0.5, 0.6) is 0 Å². The number of carboxylic acid groups (broad SMARTS) is 1. The van der Waals surface area contributed by atoms with Crippen LogP contribution in [0.15, 0.2) is 88.8 Å². The van der Waals surface area contributed by atoms with E-state index >= 15 is 0 Å². The van der Waals surface area contributed by atoms with E-state index in [1.165, 1.54) is 39.5 Å². The van der Waals surface area contributed by atoms with Gasteiger partial charge in [0.05, 0.1) is 11.1 Å². The molecule has 1 aliphatic carbocycles. The van der Waals surface area contributed by atoms with Gasteiger partial charge in [-0.2, -0.15) is 4.58 Å². The molecule has 0 spiro atoms. The molecular weight excluding hydrogens is 587 g/mol. The third-order valence-corrected chi connectivity index (χ3v) is 10.1. The number of unbranched alkanes of at least 4 members (excludes halogenated alkanes) is 2. The molecule has 5 rings (SSSR count). The van der Waals surface area contributed by atoms with Crippen LogP contribution in [-0.2, 0) is 15.6 Å². The maximum Gasteiger partial charge on any atom is 0.303 e. The standard InChI is InChI=1S/C38H45ClN2O2.ClH/c1-6-40-31-19-11-9-17-29(31)37(2,3)33(40)24-22-27-15-14-16-28(36(27)39)23-25-34-38(4,5)30-18-10-12-20-32(30)41(34)26-13-7-8-21-35(42)43;/h9-12,17-20,22-24,28H,6-8,13-16,21,26H2,1-5H3;1H/b24-22+;. The van der Waals surface area contributed by atoms with E-state index in [0.717, 1.165) is 50.2 Å². The number of anilines is 1. The van der Waals surface area contributed by atoms with E-state index in [1.54, 1.807) is 0 Å². The normalized spacial score (nSPS) is 20.0. The first kappa shape index (κ1) is 33.8. The van der Waals surface area contributed by atoms with Crippen LogP contribution in [0.25, 0.3) is 0 Å². The highest BCUT2D eigenvalue weighted by Gasteiger charge is 2.43. The van der Waals surface area contributed by atoms with Crippen molar-refractivity contribution in [3.05, 3.63) is 99.9 Å². The van der Waals surface area contributed by atoms with Gasteiger partial charge in [-0.3, -0.25) is 4.79 Å². The van der Waals surface area contributed by atoms with Crippen molar-refractivity contribution >= 4 is 34.7 Å². The molecule has 4 nitrogen and oxygen atoms in total. The summed E-state index contributed by atoms with van der Waals surface area (Å²) in [6.07, 6.45) is 12.7. The van der Waals surface area contributed by atoms with Crippen molar-refractivity contribution in [1.29, 1.82) is 0 Å². The molecule has 1 N–H and O–H groups in total. The molecule has 234 valence electrons. The van der Waals surface area contributed by atoms with E-state index in [1.807, 2.05) is 0 Å². The lowest BCUT2D eigenvalue weighted by Gasteiger charge is -2.26. The summed E-state index contributed by atoms with van der Waals surface area (Å²) in [7, 11) is 0. The summed E-state index contributed by atoms with van der Waals surface area (Å²) in [5, 5.41) is 9.95. The zero-order valence-electron chi connectivity index (χ0n) is 26.8. The summed E-state index contributed by atoms with van der Waals surface area (Å²) >= 11 is 7.15. The minimum atomic E-state index is -0.721. The molecule has 3 aliphatic rings. The Morgan fingerprint density at radius 3 is 2.45 bits per heavy atom. The lowest BCUT2D eigenvalue weighted by Crippen LogP contribution is -3.00. The summed E-state index contributed by atoms with van der Waals surface area (Å²) in [5.74, 6) is -0.582. The van der Waals surface area contributed by atoms with Gasteiger partial charge >= 0.3 is 5.97 Å². The lowest BCUT2D eigenvalue weighted by molar-refractivity contribution is -0.433. The molecule has 0 aromatic heterocycles. The van der Waals surface area contributed by atoms with E-state index < -0.39 is 5.97 Å². The van der Waals surface area contributed by atoms with Gasteiger partial charge in [0.1, 0.15) is 6.54 Å². The number of carboxylic acids is 1. The van der Waals surface area contributed by atoms with E-state index in [-0.39, 0.29) is 35.6 Å². The van der Waals surface area contributed by atoms with Crippen LogP contribution in [0.2, 0.25) is 0 Å². The Labute approximate surface area is 274 Å². The van der Waals surface area contributed by atoms with E-state index in [2.05, 4.69) is 117 Å². The Kier molecular flexibility index (Phi) is 10.7. The average molecular weight is 634 g/mol. The number of para-hydroxylation sites is 2. The second kappa shape index (κ2) is 13.9. The molecule has 0 radical (unpaired) electrons. The van der Waals surface area contributed by atoms with Gasteiger partial charge in [-0.1, -0.05) is 60.5 Å². The number of fused-ring (bicyclic) bond motifs is 2. The number of rotatable bonds is 10. The van der Waals surface area contributed by atoms with E-state index in [0.29, 0.717) is 6.42 Å². The zero-order valence-corrected chi connectivity index (χ0v) is 28.3. The van der Waals surface area contributed by atoms with Crippen molar-refractivity contribution in [3.63, 3.8) is 0 Å². The van der Waals surface area contributed by atoms with Crippen LogP contribution < -0.4 is 17.3 Å². The van der Waals surface area contributed by atoms with Crippen molar-refractivity contribution in [3.8, 4) is 0 Å². The van der Waals surface area contributed by atoms with Gasteiger partial charge in [0.2, 0.25) is 5.69 Å². The minimum absolute atomic E-state index is 0. The van der Waals surface area contributed by atoms with Gasteiger partial charge in [-0.05, 0) is 90.0 Å². The fraction of sp³-hybridized carbons (Fsp3) is 0.447. The molecule has 0 saturated heterocycles. The third-order valence-electron chi connectivity index (χ3n) is 9.58. The number of halogens is 2. The van der Waals surface area contributed by atoms with E-state index in [4.69, 9.17) is 16.7 Å². The summed E-state index contributed by atoms with van der Waals surface area (Å²) in [6, 6.07) is 17.4.